The van der Waals surface area contributed by atoms with E-state index in [-0.39, 0.29) is 18.3 Å². The van der Waals surface area contributed by atoms with Gasteiger partial charge in [0.25, 0.3) is 0 Å². The van der Waals surface area contributed by atoms with Gasteiger partial charge in [0.05, 0.1) is 13.0 Å². The predicted molar refractivity (Wildman–Crippen MR) is 96.7 cm³/mol. The molecule has 6 nitrogen and oxygen atoms in total. The van der Waals surface area contributed by atoms with Gasteiger partial charge in [-0.25, -0.2) is 0 Å². The number of ether oxygens (including phenoxy) is 1. The molecule has 0 saturated carbocycles. The van der Waals surface area contributed by atoms with Crippen molar-refractivity contribution in [3.63, 3.8) is 0 Å². The molecule has 0 spiro atoms. The maximum Gasteiger partial charge on any atom is 0.308 e. The zero-order chi connectivity index (χ0) is 17.4. The second-order valence-corrected chi connectivity index (χ2v) is 5.96. The Morgan fingerprint density at radius 2 is 2.17 bits per heavy atom. The van der Waals surface area contributed by atoms with E-state index in [2.05, 4.69) is 10.6 Å². The fraction of sp³-hybridized carbons (Fsp3) is 0.471. The molecule has 1 aromatic carbocycles. The molecule has 7 heteroatoms. The van der Waals surface area contributed by atoms with Gasteiger partial charge in [0.2, 0.25) is 5.91 Å². The van der Waals surface area contributed by atoms with Crippen molar-refractivity contribution in [3.8, 4) is 0 Å². The molecule has 2 N–H and O–H groups in total. The summed E-state index contributed by atoms with van der Waals surface area (Å²) in [6.07, 6.45) is 1.76. The molecular formula is C17H23N3O3S. The van der Waals surface area contributed by atoms with Crippen LogP contribution < -0.4 is 10.6 Å². The first-order chi connectivity index (χ1) is 11.6. The van der Waals surface area contributed by atoms with Gasteiger partial charge in [-0.2, -0.15) is 0 Å². The Balaban J connectivity index is 1.98. The Morgan fingerprint density at radius 3 is 2.88 bits per heavy atom. The number of rotatable bonds is 6. The first kappa shape index (κ1) is 18.2. The van der Waals surface area contributed by atoms with Crippen molar-refractivity contribution in [2.45, 2.75) is 32.2 Å². The van der Waals surface area contributed by atoms with Crippen LogP contribution in [0.2, 0.25) is 0 Å². The van der Waals surface area contributed by atoms with E-state index in [0.717, 1.165) is 18.5 Å². The van der Waals surface area contributed by atoms with Gasteiger partial charge in [0, 0.05) is 18.8 Å². The molecule has 1 unspecified atom stereocenters. The molecule has 1 atom stereocenters. The standard InChI is InChI=1S/C17H23N3O3S/c1-2-3-11-23-15(21)12-14-16(22)18-9-10-20(14)17(24)19-13-7-5-4-6-8-13/h4-8,14H,2-3,9-12H2,1H3,(H,18,22)(H,19,24). The molecule has 2 rings (SSSR count). The van der Waals surface area contributed by atoms with Crippen molar-refractivity contribution in [2.75, 3.05) is 25.0 Å². The largest absolute Gasteiger partial charge is 0.466 e. The molecule has 0 bridgehead atoms. The van der Waals surface area contributed by atoms with Crippen LogP contribution in [0.5, 0.6) is 0 Å². The molecule has 1 aromatic rings. The number of thiocarbonyl (C=S) groups is 1. The minimum absolute atomic E-state index is 0.00778. The molecule has 1 aliphatic rings. The lowest BCUT2D eigenvalue weighted by Crippen LogP contribution is -2.58. The van der Waals surface area contributed by atoms with Crippen LogP contribution >= 0.6 is 12.2 Å². The smallest absolute Gasteiger partial charge is 0.308 e. The summed E-state index contributed by atoms with van der Waals surface area (Å²) in [5.74, 6) is -0.580. The molecular weight excluding hydrogens is 326 g/mol. The number of carbonyl (C=O) groups is 2. The molecule has 24 heavy (non-hydrogen) atoms. The van der Waals surface area contributed by atoms with Gasteiger partial charge in [-0.3, -0.25) is 9.59 Å². The summed E-state index contributed by atoms with van der Waals surface area (Å²) in [5, 5.41) is 6.32. The van der Waals surface area contributed by atoms with Crippen molar-refractivity contribution in [2.24, 2.45) is 0 Å². The van der Waals surface area contributed by atoms with Crippen LogP contribution in [0.1, 0.15) is 26.2 Å². The summed E-state index contributed by atoms with van der Waals surface area (Å²) in [6.45, 7) is 3.46. The molecule has 1 fully saturated rings. The summed E-state index contributed by atoms with van der Waals surface area (Å²) < 4.78 is 5.17. The summed E-state index contributed by atoms with van der Waals surface area (Å²) in [4.78, 5) is 25.9. The van der Waals surface area contributed by atoms with Gasteiger partial charge in [-0.15, -0.1) is 0 Å². The van der Waals surface area contributed by atoms with Gasteiger partial charge in [0.1, 0.15) is 6.04 Å². The first-order valence-corrected chi connectivity index (χ1v) is 8.58. The fourth-order valence-electron chi connectivity index (χ4n) is 2.42. The zero-order valence-electron chi connectivity index (χ0n) is 13.8. The number of esters is 1. The topological polar surface area (TPSA) is 70.7 Å². The Hall–Kier alpha value is -2.15. The number of nitrogens with zero attached hydrogens (tertiary/aromatic N) is 1. The van der Waals surface area contributed by atoms with Crippen LogP contribution in [0.15, 0.2) is 30.3 Å². The van der Waals surface area contributed by atoms with Crippen molar-refractivity contribution >= 4 is 34.9 Å². The van der Waals surface area contributed by atoms with E-state index in [4.69, 9.17) is 17.0 Å². The third kappa shape index (κ3) is 5.19. The SMILES string of the molecule is CCCCOC(=O)CC1C(=O)NCCN1C(=S)Nc1ccccc1. The van der Waals surface area contributed by atoms with Crippen LogP contribution in [-0.2, 0) is 14.3 Å². The Kier molecular flexibility index (Phi) is 6.99. The van der Waals surface area contributed by atoms with E-state index in [1.807, 2.05) is 37.3 Å². The first-order valence-electron chi connectivity index (χ1n) is 8.18. The monoisotopic (exact) mass is 349 g/mol. The lowest BCUT2D eigenvalue weighted by atomic mass is 10.1. The summed E-state index contributed by atoms with van der Waals surface area (Å²) in [6, 6.07) is 8.86. The normalized spacial score (nSPS) is 17.1. The number of piperazine rings is 1. The quantitative estimate of drug-likeness (QED) is 0.464. The average Bonchev–Trinajstić information content (AvgIpc) is 2.58. The highest BCUT2D eigenvalue weighted by Gasteiger charge is 2.33. The Labute approximate surface area is 147 Å². The molecule has 1 heterocycles. The van der Waals surface area contributed by atoms with Crippen LogP contribution in [0.4, 0.5) is 5.69 Å². The van der Waals surface area contributed by atoms with Crippen LogP contribution in [-0.4, -0.2) is 47.6 Å². The maximum absolute atomic E-state index is 12.2. The number of unbranched alkanes of at least 4 members (excludes halogenated alkanes) is 1. The van der Waals surface area contributed by atoms with Gasteiger partial charge in [-0.05, 0) is 30.8 Å². The number of benzene rings is 1. The third-order valence-corrected chi connectivity index (χ3v) is 4.07. The minimum Gasteiger partial charge on any atom is -0.466 e. The molecule has 1 amide bonds. The molecule has 130 valence electrons. The van der Waals surface area contributed by atoms with E-state index < -0.39 is 6.04 Å². The number of anilines is 1. The number of amides is 1. The molecule has 1 saturated heterocycles. The lowest BCUT2D eigenvalue weighted by molar-refractivity contribution is -0.147. The highest BCUT2D eigenvalue weighted by Crippen LogP contribution is 2.14. The van der Waals surface area contributed by atoms with E-state index in [0.29, 0.717) is 24.8 Å². The van der Waals surface area contributed by atoms with Crippen molar-refractivity contribution in [1.82, 2.24) is 10.2 Å². The molecule has 0 aliphatic carbocycles. The maximum atomic E-state index is 12.2. The van der Waals surface area contributed by atoms with Gasteiger partial charge in [-0.1, -0.05) is 31.5 Å². The highest BCUT2D eigenvalue weighted by molar-refractivity contribution is 7.80. The molecule has 0 radical (unpaired) electrons. The predicted octanol–water partition coefficient (Wildman–Crippen LogP) is 1.92. The van der Waals surface area contributed by atoms with E-state index in [9.17, 15) is 9.59 Å². The Bertz CT molecular complexity index is 580. The number of hydrogen-bond donors (Lipinski definition) is 2. The van der Waals surface area contributed by atoms with Crippen molar-refractivity contribution in [1.29, 1.82) is 0 Å². The van der Waals surface area contributed by atoms with Gasteiger partial charge >= 0.3 is 5.97 Å². The van der Waals surface area contributed by atoms with E-state index in [1.165, 1.54) is 0 Å². The number of carbonyl (C=O) groups excluding carboxylic acids is 2. The average molecular weight is 349 g/mol. The van der Waals surface area contributed by atoms with E-state index >= 15 is 0 Å². The summed E-state index contributed by atoms with van der Waals surface area (Å²) >= 11 is 5.43. The van der Waals surface area contributed by atoms with E-state index in [1.54, 1.807) is 4.90 Å². The molecule has 0 aromatic heterocycles. The number of para-hydroxylation sites is 1. The highest BCUT2D eigenvalue weighted by atomic mass is 32.1. The zero-order valence-corrected chi connectivity index (χ0v) is 14.6. The van der Waals surface area contributed by atoms with Gasteiger partial charge in [0.15, 0.2) is 5.11 Å². The third-order valence-electron chi connectivity index (χ3n) is 3.74. The molecule has 1 aliphatic heterocycles. The van der Waals surface area contributed by atoms with Crippen molar-refractivity contribution < 1.29 is 14.3 Å². The minimum atomic E-state index is -0.642. The fourth-order valence-corrected chi connectivity index (χ4v) is 2.76. The summed E-state index contributed by atoms with van der Waals surface area (Å²) in [7, 11) is 0. The van der Waals surface area contributed by atoms with Crippen LogP contribution in [0, 0.1) is 0 Å². The van der Waals surface area contributed by atoms with Crippen LogP contribution in [0.3, 0.4) is 0 Å². The van der Waals surface area contributed by atoms with Gasteiger partial charge < -0.3 is 20.3 Å². The van der Waals surface area contributed by atoms with Crippen LogP contribution in [0.25, 0.3) is 0 Å². The second-order valence-electron chi connectivity index (χ2n) is 5.57. The summed E-state index contributed by atoms with van der Waals surface area (Å²) in [5.41, 5.74) is 0.845. The number of nitrogens with one attached hydrogen (secondary N) is 2. The number of hydrogen-bond acceptors (Lipinski definition) is 4. The second kappa shape index (κ2) is 9.22. The Morgan fingerprint density at radius 1 is 1.42 bits per heavy atom. The lowest BCUT2D eigenvalue weighted by Gasteiger charge is -2.36. The van der Waals surface area contributed by atoms with Crippen molar-refractivity contribution in [3.05, 3.63) is 30.3 Å².